The van der Waals surface area contributed by atoms with Gasteiger partial charge in [0.15, 0.2) is 0 Å². The minimum absolute atomic E-state index is 0.137. The molecule has 0 saturated carbocycles. The van der Waals surface area contributed by atoms with Gasteiger partial charge >= 0.3 is 0 Å². The van der Waals surface area contributed by atoms with Gasteiger partial charge in [0.25, 0.3) is 0 Å². The molecule has 0 unspecified atom stereocenters. The van der Waals surface area contributed by atoms with Crippen molar-refractivity contribution >= 4 is 28.9 Å². The van der Waals surface area contributed by atoms with Crippen LogP contribution in [0, 0.1) is 5.82 Å². The second kappa shape index (κ2) is 6.45. The first kappa shape index (κ1) is 15.6. The third-order valence-corrected chi connectivity index (χ3v) is 4.78. The van der Waals surface area contributed by atoms with Crippen LogP contribution in [0.15, 0.2) is 36.4 Å². The van der Waals surface area contributed by atoms with E-state index in [0.29, 0.717) is 0 Å². The highest BCUT2D eigenvalue weighted by Gasteiger charge is 2.32. The van der Waals surface area contributed by atoms with Crippen molar-refractivity contribution < 1.29 is 4.39 Å². The van der Waals surface area contributed by atoms with Crippen LogP contribution in [-0.4, -0.2) is 20.1 Å². The van der Waals surface area contributed by atoms with Crippen LogP contribution in [0.5, 0.6) is 0 Å². The molecule has 2 aromatic carbocycles. The molecule has 1 fully saturated rings. The molecule has 1 heterocycles. The van der Waals surface area contributed by atoms with Crippen LogP contribution in [-0.2, 0) is 0 Å². The molecule has 1 aliphatic heterocycles. The van der Waals surface area contributed by atoms with Crippen LogP contribution in [0.4, 0.5) is 10.1 Å². The smallest absolute Gasteiger partial charge is 0.142 e. The Morgan fingerprint density at radius 2 is 1.91 bits per heavy atom. The van der Waals surface area contributed by atoms with Gasteiger partial charge in [-0.05, 0) is 35.4 Å². The normalized spacial score (nSPS) is 21.1. The van der Waals surface area contributed by atoms with Crippen LogP contribution >= 0.6 is 23.2 Å². The topological polar surface area (TPSA) is 24.1 Å². The summed E-state index contributed by atoms with van der Waals surface area (Å²) in [5.41, 5.74) is 2.98. The van der Waals surface area contributed by atoms with E-state index >= 15 is 0 Å². The van der Waals surface area contributed by atoms with Gasteiger partial charge in [0.1, 0.15) is 5.82 Å². The molecule has 2 atom stereocenters. The Morgan fingerprint density at radius 1 is 1.14 bits per heavy atom. The lowest BCUT2D eigenvalue weighted by molar-refractivity contribution is 0.614. The maximum Gasteiger partial charge on any atom is 0.142 e. The third-order valence-electron chi connectivity index (χ3n) is 4.25. The van der Waals surface area contributed by atoms with Crippen LogP contribution in [0.3, 0.4) is 0 Å². The minimum Gasteiger partial charge on any atom is -0.388 e. The maximum atomic E-state index is 13.9. The van der Waals surface area contributed by atoms with Crippen LogP contribution < -0.4 is 10.6 Å². The zero-order valence-electron chi connectivity index (χ0n) is 12.2. The number of benzene rings is 2. The van der Waals surface area contributed by atoms with Crippen LogP contribution in [0.25, 0.3) is 0 Å². The predicted octanol–water partition coefficient (Wildman–Crippen LogP) is 4.64. The van der Waals surface area contributed by atoms with Gasteiger partial charge in [-0.15, -0.1) is 0 Å². The molecule has 0 amide bonds. The molecule has 0 radical (unpaired) electrons. The number of nitrogens with one attached hydrogen (secondary N) is 2. The maximum absolute atomic E-state index is 13.9. The Morgan fingerprint density at radius 3 is 2.64 bits per heavy atom. The first-order valence-corrected chi connectivity index (χ1v) is 7.98. The molecule has 0 aliphatic carbocycles. The van der Waals surface area contributed by atoms with Gasteiger partial charge < -0.3 is 10.6 Å². The van der Waals surface area contributed by atoms with Gasteiger partial charge in [0.05, 0.1) is 5.02 Å². The summed E-state index contributed by atoms with van der Waals surface area (Å²) in [4.78, 5) is 0. The van der Waals surface area contributed by atoms with Crippen molar-refractivity contribution in [3.63, 3.8) is 0 Å². The lowest BCUT2D eigenvalue weighted by atomic mass is 9.83. The predicted molar refractivity (Wildman–Crippen MR) is 90.8 cm³/mol. The Labute approximate surface area is 139 Å². The van der Waals surface area contributed by atoms with Crippen molar-refractivity contribution in [2.45, 2.75) is 11.8 Å². The largest absolute Gasteiger partial charge is 0.388 e. The molecule has 5 heteroatoms. The third kappa shape index (κ3) is 2.94. The lowest BCUT2D eigenvalue weighted by Crippen LogP contribution is -2.12. The highest BCUT2D eigenvalue weighted by molar-refractivity contribution is 6.31. The molecule has 0 bridgehead atoms. The number of hydrogen-bond donors (Lipinski definition) is 2. The Bertz CT molecular complexity index is 690. The average Bonchev–Trinajstić information content (AvgIpc) is 2.99. The van der Waals surface area contributed by atoms with Crippen molar-refractivity contribution in [1.29, 1.82) is 0 Å². The van der Waals surface area contributed by atoms with E-state index in [-0.39, 0.29) is 22.7 Å². The van der Waals surface area contributed by atoms with Gasteiger partial charge in [0, 0.05) is 42.7 Å². The molecular formula is C17H17Cl2FN2. The highest BCUT2D eigenvalue weighted by Crippen LogP contribution is 2.40. The van der Waals surface area contributed by atoms with E-state index in [0.717, 1.165) is 29.4 Å². The zero-order chi connectivity index (χ0) is 15.7. The molecule has 1 saturated heterocycles. The molecule has 0 spiro atoms. The van der Waals surface area contributed by atoms with E-state index in [1.807, 2.05) is 25.2 Å². The molecule has 1 aliphatic rings. The first-order chi connectivity index (χ1) is 10.6. The monoisotopic (exact) mass is 338 g/mol. The number of rotatable bonds is 3. The summed E-state index contributed by atoms with van der Waals surface area (Å²) in [6.07, 6.45) is 0. The summed E-state index contributed by atoms with van der Waals surface area (Å²) < 4.78 is 13.9. The van der Waals surface area contributed by atoms with E-state index in [2.05, 4.69) is 16.7 Å². The first-order valence-electron chi connectivity index (χ1n) is 7.23. The second-order valence-corrected chi connectivity index (χ2v) is 6.37. The molecule has 2 aromatic rings. The highest BCUT2D eigenvalue weighted by atomic mass is 35.5. The Kier molecular flexibility index (Phi) is 4.57. The van der Waals surface area contributed by atoms with Gasteiger partial charge in [-0.25, -0.2) is 4.39 Å². The molecule has 3 rings (SSSR count). The van der Waals surface area contributed by atoms with Crippen molar-refractivity contribution in [2.24, 2.45) is 0 Å². The fraction of sp³-hybridized carbons (Fsp3) is 0.294. The molecule has 22 heavy (non-hydrogen) atoms. The standard InChI is InChI=1S/C17H17Cl2FN2/c1-21-17-7-15(19)16(20)6-12(17)14-9-22-8-13(14)10-3-2-4-11(18)5-10/h2-7,13-14,21-22H,8-9H2,1H3/t13-,14+/m1/s1. The van der Waals surface area contributed by atoms with Gasteiger partial charge in [-0.3, -0.25) is 0 Å². The summed E-state index contributed by atoms with van der Waals surface area (Å²) in [6.45, 7) is 1.64. The van der Waals surface area contributed by atoms with E-state index in [1.165, 1.54) is 5.56 Å². The van der Waals surface area contributed by atoms with E-state index < -0.39 is 0 Å². The van der Waals surface area contributed by atoms with Crippen molar-refractivity contribution in [3.8, 4) is 0 Å². The fourth-order valence-electron chi connectivity index (χ4n) is 3.18. The minimum atomic E-state index is -0.382. The van der Waals surface area contributed by atoms with Crippen LogP contribution in [0.2, 0.25) is 10.0 Å². The van der Waals surface area contributed by atoms with Crippen LogP contribution in [0.1, 0.15) is 23.0 Å². The van der Waals surface area contributed by atoms with Crippen molar-refractivity contribution in [1.82, 2.24) is 5.32 Å². The van der Waals surface area contributed by atoms with Crippen molar-refractivity contribution in [3.05, 3.63) is 63.4 Å². The van der Waals surface area contributed by atoms with Gasteiger partial charge in [0.2, 0.25) is 0 Å². The summed E-state index contributed by atoms with van der Waals surface area (Å²) >= 11 is 12.0. The Balaban J connectivity index is 2.02. The summed E-state index contributed by atoms with van der Waals surface area (Å²) in [6, 6.07) is 11.1. The summed E-state index contributed by atoms with van der Waals surface area (Å²) in [5.74, 6) is 0.0477. The SMILES string of the molecule is CNc1cc(Cl)c(F)cc1[C@@H]1CNC[C@@H]1c1cccc(Cl)c1. The van der Waals surface area contributed by atoms with E-state index in [1.54, 1.807) is 12.1 Å². The van der Waals surface area contributed by atoms with Crippen molar-refractivity contribution in [2.75, 3.05) is 25.5 Å². The molecule has 2 N–H and O–H groups in total. The quantitative estimate of drug-likeness (QED) is 0.851. The van der Waals surface area contributed by atoms with E-state index in [9.17, 15) is 4.39 Å². The summed E-state index contributed by atoms with van der Waals surface area (Å²) in [5, 5.41) is 7.38. The molecular weight excluding hydrogens is 322 g/mol. The van der Waals surface area contributed by atoms with Gasteiger partial charge in [-0.1, -0.05) is 35.3 Å². The number of hydrogen-bond acceptors (Lipinski definition) is 2. The number of halogens is 3. The van der Waals surface area contributed by atoms with E-state index in [4.69, 9.17) is 23.2 Å². The zero-order valence-corrected chi connectivity index (χ0v) is 13.7. The lowest BCUT2D eigenvalue weighted by Gasteiger charge is -2.22. The number of anilines is 1. The molecule has 116 valence electrons. The Hall–Kier alpha value is -1.29. The average molecular weight is 339 g/mol. The van der Waals surface area contributed by atoms with Gasteiger partial charge in [-0.2, -0.15) is 0 Å². The molecule has 0 aromatic heterocycles. The second-order valence-electron chi connectivity index (χ2n) is 5.53. The summed E-state index contributed by atoms with van der Waals surface area (Å²) in [7, 11) is 1.82. The molecule has 2 nitrogen and oxygen atoms in total. The fourth-order valence-corrected chi connectivity index (χ4v) is 3.54.